The van der Waals surface area contributed by atoms with Crippen molar-refractivity contribution in [3.8, 4) is 0 Å². The smallest absolute Gasteiger partial charge is 0.224 e. The van der Waals surface area contributed by atoms with Crippen molar-refractivity contribution in [3.05, 3.63) is 53.3 Å². The Hall–Kier alpha value is -2.53. The highest BCUT2D eigenvalue weighted by Gasteiger charge is 2.20. The highest BCUT2D eigenvalue weighted by atomic mass is 35.5. The van der Waals surface area contributed by atoms with E-state index in [-0.39, 0.29) is 5.91 Å². The normalized spacial score (nSPS) is 13.6. The van der Waals surface area contributed by atoms with Crippen LogP contribution in [0.1, 0.15) is 32.0 Å². The van der Waals surface area contributed by atoms with Crippen LogP contribution in [0.3, 0.4) is 0 Å². The van der Waals surface area contributed by atoms with Gasteiger partial charge in [0.05, 0.1) is 17.6 Å². The van der Waals surface area contributed by atoms with Gasteiger partial charge in [-0.05, 0) is 48.9 Å². The SMILES string of the molecule is CCCCC(=O)Nc1ccc(N2CCn3c(nc4cc(Cl)ccc43)C2)cc1. The van der Waals surface area contributed by atoms with Crippen molar-refractivity contribution in [2.24, 2.45) is 0 Å². The highest BCUT2D eigenvalue weighted by molar-refractivity contribution is 6.31. The minimum absolute atomic E-state index is 0.0787. The van der Waals surface area contributed by atoms with E-state index in [2.05, 4.69) is 33.8 Å². The number of benzene rings is 2. The number of imidazole rings is 1. The number of hydrogen-bond donors (Lipinski definition) is 1. The van der Waals surface area contributed by atoms with E-state index in [0.29, 0.717) is 11.4 Å². The molecule has 1 aromatic heterocycles. The number of anilines is 2. The van der Waals surface area contributed by atoms with Crippen LogP contribution in [0.5, 0.6) is 0 Å². The third-order valence-corrected chi connectivity index (χ3v) is 5.22. The zero-order chi connectivity index (χ0) is 18.8. The molecule has 1 aliphatic rings. The molecule has 0 aliphatic carbocycles. The Labute approximate surface area is 163 Å². The monoisotopic (exact) mass is 382 g/mol. The number of unbranched alkanes of at least 4 members (excludes halogenated alkanes) is 1. The molecular formula is C21H23ClN4O. The van der Waals surface area contributed by atoms with Gasteiger partial charge in [-0.2, -0.15) is 0 Å². The molecule has 1 N–H and O–H groups in total. The lowest BCUT2D eigenvalue weighted by Crippen LogP contribution is -2.33. The highest BCUT2D eigenvalue weighted by Crippen LogP contribution is 2.27. The first-order chi connectivity index (χ1) is 13.1. The third-order valence-electron chi connectivity index (χ3n) is 4.99. The van der Waals surface area contributed by atoms with E-state index in [4.69, 9.17) is 16.6 Å². The van der Waals surface area contributed by atoms with Crippen molar-refractivity contribution < 1.29 is 4.79 Å². The fourth-order valence-corrected chi connectivity index (χ4v) is 3.70. The number of carbonyl (C=O) groups excluding carboxylic acids is 1. The number of hydrogen-bond acceptors (Lipinski definition) is 3. The van der Waals surface area contributed by atoms with Gasteiger partial charge >= 0.3 is 0 Å². The number of nitrogens with zero attached hydrogens (tertiary/aromatic N) is 3. The molecule has 1 amide bonds. The van der Waals surface area contributed by atoms with Crippen LogP contribution in [0, 0.1) is 0 Å². The molecule has 3 aromatic rings. The number of nitrogens with one attached hydrogen (secondary N) is 1. The number of amides is 1. The molecule has 1 aliphatic heterocycles. The van der Waals surface area contributed by atoms with Crippen LogP contribution in [-0.4, -0.2) is 22.0 Å². The predicted molar refractivity (Wildman–Crippen MR) is 110 cm³/mol. The standard InChI is InChI=1S/C21H23ClN4O/c1-2-3-4-21(27)23-16-6-8-17(9-7-16)25-11-12-26-19-10-5-15(22)13-18(19)24-20(26)14-25/h5-10,13H,2-4,11-12,14H2,1H3,(H,23,27). The maximum atomic E-state index is 11.9. The van der Waals surface area contributed by atoms with Crippen LogP contribution in [0.25, 0.3) is 11.0 Å². The van der Waals surface area contributed by atoms with E-state index < -0.39 is 0 Å². The lowest BCUT2D eigenvalue weighted by atomic mass is 10.2. The molecule has 4 rings (SSSR count). The van der Waals surface area contributed by atoms with Crippen LogP contribution in [0.2, 0.25) is 5.02 Å². The molecule has 27 heavy (non-hydrogen) atoms. The number of carbonyl (C=O) groups is 1. The summed E-state index contributed by atoms with van der Waals surface area (Å²) in [5.74, 6) is 1.13. The Morgan fingerprint density at radius 2 is 2.00 bits per heavy atom. The quantitative estimate of drug-likeness (QED) is 0.687. The zero-order valence-corrected chi connectivity index (χ0v) is 16.2. The van der Waals surface area contributed by atoms with Gasteiger partial charge in [0, 0.05) is 35.9 Å². The zero-order valence-electron chi connectivity index (χ0n) is 15.4. The Morgan fingerprint density at radius 1 is 1.19 bits per heavy atom. The molecule has 140 valence electrons. The van der Waals surface area contributed by atoms with Crippen molar-refractivity contribution in [2.75, 3.05) is 16.8 Å². The van der Waals surface area contributed by atoms with Gasteiger partial charge in [-0.3, -0.25) is 4.79 Å². The summed E-state index contributed by atoms with van der Waals surface area (Å²) in [6, 6.07) is 13.9. The molecule has 0 atom stereocenters. The summed E-state index contributed by atoms with van der Waals surface area (Å²) in [5.41, 5.74) is 4.07. The van der Waals surface area contributed by atoms with Crippen molar-refractivity contribution in [1.82, 2.24) is 9.55 Å². The van der Waals surface area contributed by atoms with Crippen LogP contribution >= 0.6 is 11.6 Å². The Morgan fingerprint density at radius 3 is 2.78 bits per heavy atom. The lowest BCUT2D eigenvalue weighted by Gasteiger charge is -2.30. The van der Waals surface area contributed by atoms with Crippen LogP contribution < -0.4 is 10.2 Å². The second kappa shape index (κ2) is 7.61. The summed E-state index contributed by atoms with van der Waals surface area (Å²) in [4.78, 5) is 18.9. The number of fused-ring (bicyclic) bond motifs is 3. The van der Waals surface area contributed by atoms with Gasteiger partial charge < -0.3 is 14.8 Å². The maximum Gasteiger partial charge on any atom is 0.224 e. The van der Waals surface area contributed by atoms with Crippen LogP contribution in [0.4, 0.5) is 11.4 Å². The summed E-state index contributed by atoms with van der Waals surface area (Å²) in [6.07, 6.45) is 2.52. The first-order valence-electron chi connectivity index (χ1n) is 9.43. The summed E-state index contributed by atoms with van der Waals surface area (Å²) in [5, 5.41) is 3.67. The van der Waals surface area contributed by atoms with E-state index in [1.165, 1.54) is 0 Å². The Bertz CT molecular complexity index is 964. The second-order valence-electron chi connectivity index (χ2n) is 6.93. The van der Waals surface area contributed by atoms with E-state index in [9.17, 15) is 4.79 Å². The van der Waals surface area contributed by atoms with E-state index in [1.54, 1.807) is 0 Å². The molecule has 0 radical (unpaired) electrons. The van der Waals surface area contributed by atoms with Gasteiger partial charge in [0.2, 0.25) is 5.91 Å². The summed E-state index contributed by atoms with van der Waals surface area (Å²) in [7, 11) is 0. The minimum Gasteiger partial charge on any atom is -0.362 e. The minimum atomic E-state index is 0.0787. The third kappa shape index (κ3) is 3.78. The van der Waals surface area contributed by atoms with Crippen molar-refractivity contribution in [3.63, 3.8) is 0 Å². The molecule has 2 heterocycles. The first kappa shape index (κ1) is 17.9. The lowest BCUT2D eigenvalue weighted by molar-refractivity contribution is -0.116. The van der Waals surface area contributed by atoms with Gasteiger partial charge in [0.25, 0.3) is 0 Å². The summed E-state index contributed by atoms with van der Waals surface area (Å²) in [6.45, 7) is 4.66. The van der Waals surface area contributed by atoms with Gasteiger partial charge in [-0.25, -0.2) is 4.98 Å². The predicted octanol–water partition coefficient (Wildman–Crippen LogP) is 4.84. The Kier molecular flexibility index (Phi) is 5.03. The van der Waals surface area contributed by atoms with Crippen LogP contribution in [0.15, 0.2) is 42.5 Å². The van der Waals surface area contributed by atoms with Gasteiger partial charge in [0.15, 0.2) is 0 Å². The molecule has 0 spiro atoms. The van der Waals surface area contributed by atoms with Crippen LogP contribution in [-0.2, 0) is 17.9 Å². The molecule has 5 nitrogen and oxygen atoms in total. The molecule has 0 bridgehead atoms. The maximum absolute atomic E-state index is 11.9. The van der Waals surface area contributed by atoms with E-state index >= 15 is 0 Å². The number of halogens is 1. The van der Waals surface area contributed by atoms with Crippen molar-refractivity contribution in [1.29, 1.82) is 0 Å². The Balaban J connectivity index is 1.47. The second-order valence-corrected chi connectivity index (χ2v) is 7.37. The summed E-state index contributed by atoms with van der Waals surface area (Å²) >= 11 is 6.10. The molecule has 0 unspecified atom stereocenters. The molecule has 2 aromatic carbocycles. The first-order valence-corrected chi connectivity index (χ1v) is 9.81. The molecule has 0 saturated carbocycles. The van der Waals surface area contributed by atoms with E-state index in [1.807, 2.05) is 30.3 Å². The van der Waals surface area contributed by atoms with Gasteiger partial charge in [-0.1, -0.05) is 24.9 Å². The molecule has 6 heteroatoms. The van der Waals surface area contributed by atoms with Crippen molar-refractivity contribution in [2.45, 2.75) is 39.3 Å². The average Bonchev–Trinajstić information content (AvgIpc) is 3.03. The average molecular weight is 383 g/mol. The van der Waals surface area contributed by atoms with Gasteiger partial charge in [0.1, 0.15) is 5.82 Å². The largest absolute Gasteiger partial charge is 0.362 e. The summed E-state index contributed by atoms with van der Waals surface area (Å²) < 4.78 is 2.27. The fraction of sp³-hybridized carbons (Fsp3) is 0.333. The topological polar surface area (TPSA) is 50.2 Å². The fourth-order valence-electron chi connectivity index (χ4n) is 3.53. The molecule has 0 fully saturated rings. The molecular weight excluding hydrogens is 360 g/mol. The molecule has 0 saturated heterocycles. The van der Waals surface area contributed by atoms with Crippen molar-refractivity contribution >= 4 is 39.9 Å². The van der Waals surface area contributed by atoms with Gasteiger partial charge in [-0.15, -0.1) is 0 Å². The number of rotatable bonds is 5. The van der Waals surface area contributed by atoms with E-state index in [0.717, 1.165) is 60.7 Å². The number of aromatic nitrogens is 2.